The smallest absolute Gasteiger partial charge is 0.00489 e. The van der Waals surface area contributed by atoms with Gasteiger partial charge in [0.1, 0.15) is 0 Å². The van der Waals surface area contributed by atoms with Gasteiger partial charge in [0.25, 0.3) is 0 Å². The maximum Gasteiger partial charge on any atom is -0.00489 e. The van der Waals surface area contributed by atoms with Gasteiger partial charge in [-0.15, -0.1) is 0 Å². The fourth-order valence-corrected chi connectivity index (χ4v) is 6.85. The summed E-state index contributed by atoms with van der Waals surface area (Å²) in [6, 6.07) is 0. The van der Waals surface area contributed by atoms with Crippen LogP contribution in [-0.2, 0) is 0 Å². The van der Waals surface area contributed by atoms with Crippen molar-refractivity contribution in [1.82, 2.24) is 5.32 Å². The minimum absolute atomic E-state index is 1.04. The lowest BCUT2D eigenvalue weighted by Gasteiger charge is -2.17. The summed E-state index contributed by atoms with van der Waals surface area (Å²) in [5.74, 6) is 1.04. The Morgan fingerprint density at radius 1 is 0.359 bits per heavy atom. The van der Waals surface area contributed by atoms with E-state index in [2.05, 4.69) is 12.2 Å². The molecule has 0 aliphatic heterocycles. The Kier molecular flexibility index (Phi) is 30.8. The van der Waals surface area contributed by atoms with Crippen molar-refractivity contribution in [3.8, 4) is 0 Å². The first-order valence-electron chi connectivity index (χ1n) is 19.1. The molecular formula is C38H77N. The Labute approximate surface area is 249 Å². The average Bonchev–Trinajstić information content (AvgIpc) is 2.96. The third-order valence-corrected chi connectivity index (χ3v) is 9.65. The van der Waals surface area contributed by atoms with Gasteiger partial charge < -0.3 is 5.32 Å². The van der Waals surface area contributed by atoms with E-state index in [4.69, 9.17) is 0 Å². The van der Waals surface area contributed by atoms with Gasteiger partial charge in [-0.05, 0) is 31.8 Å². The topological polar surface area (TPSA) is 12.0 Å². The molecule has 0 heterocycles. The van der Waals surface area contributed by atoms with Crippen LogP contribution >= 0.6 is 0 Å². The molecule has 0 saturated heterocycles. The third kappa shape index (κ3) is 29.3. The molecule has 1 aliphatic rings. The minimum atomic E-state index is 1.04. The lowest BCUT2D eigenvalue weighted by atomic mass is 9.89. The second-order valence-corrected chi connectivity index (χ2v) is 13.6. The van der Waals surface area contributed by atoms with E-state index < -0.39 is 0 Å². The van der Waals surface area contributed by atoms with Crippen LogP contribution < -0.4 is 5.32 Å². The number of hydrogen-bond donors (Lipinski definition) is 1. The molecule has 0 bridgehead atoms. The zero-order chi connectivity index (χ0) is 27.7. The van der Waals surface area contributed by atoms with Crippen LogP contribution in [0.15, 0.2) is 0 Å². The molecule has 0 atom stereocenters. The predicted octanol–water partition coefficient (Wildman–Crippen LogP) is 13.5. The summed E-state index contributed by atoms with van der Waals surface area (Å²) in [6.45, 7) is 4.81. The molecule has 0 unspecified atom stereocenters. The van der Waals surface area contributed by atoms with Gasteiger partial charge in [0.2, 0.25) is 0 Å². The third-order valence-electron chi connectivity index (χ3n) is 9.65. The minimum Gasteiger partial charge on any atom is -0.317 e. The van der Waals surface area contributed by atoms with Crippen molar-refractivity contribution in [2.45, 2.75) is 225 Å². The molecule has 1 nitrogen and oxygen atoms in total. The predicted molar refractivity (Wildman–Crippen MR) is 179 cm³/mol. The van der Waals surface area contributed by atoms with Crippen LogP contribution in [0.4, 0.5) is 0 Å². The van der Waals surface area contributed by atoms with Gasteiger partial charge in [0, 0.05) is 0 Å². The standard InChI is InChI=1S/C38H77N/c1-2-3-4-5-6-7-8-9-12-15-18-21-26-31-36-39-37-32-27-22-25-30-35-38-33-28-23-19-16-13-10-11-14-17-20-24-29-34-38/h38-39H,2-37H2,1H3. The zero-order valence-corrected chi connectivity index (χ0v) is 27.5. The molecule has 0 amide bonds. The van der Waals surface area contributed by atoms with E-state index in [0.29, 0.717) is 0 Å². The Hall–Kier alpha value is -0.0400. The molecule has 0 aromatic rings. The highest BCUT2D eigenvalue weighted by Crippen LogP contribution is 2.25. The summed E-state index contributed by atoms with van der Waals surface area (Å²) in [7, 11) is 0. The molecule has 1 aliphatic carbocycles. The summed E-state index contributed by atoms with van der Waals surface area (Å²) in [5, 5.41) is 3.72. The average molecular weight is 548 g/mol. The Balaban J connectivity index is 1.82. The normalized spacial score (nSPS) is 17.2. The highest BCUT2D eigenvalue weighted by molar-refractivity contribution is 4.63. The van der Waals surface area contributed by atoms with Gasteiger partial charge >= 0.3 is 0 Å². The van der Waals surface area contributed by atoms with Crippen LogP contribution in [0.3, 0.4) is 0 Å². The lowest BCUT2D eigenvalue weighted by Crippen LogP contribution is -2.16. The van der Waals surface area contributed by atoms with Gasteiger partial charge in [0.15, 0.2) is 0 Å². The van der Waals surface area contributed by atoms with Crippen molar-refractivity contribution in [1.29, 1.82) is 0 Å². The maximum atomic E-state index is 3.72. The fourth-order valence-electron chi connectivity index (χ4n) is 6.85. The van der Waals surface area contributed by atoms with E-state index >= 15 is 0 Å². The second-order valence-electron chi connectivity index (χ2n) is 13.6. The van der Waals surface area contributed by atoms with Gasteiger partial charge in [0.05, 0.1) is 0 Å². The summed E-state index contributed by atoms with van der Waals surface area (Å²) in [6.07, 6.45) is 50.3. The van der Waals surface area contributed by atoms with Crippen LogP contribution in [-0.4, -0.2) is 13.1 Å². The number of hydrogen-bond acceptors (Lipinski definition) is 1. The van der Waals surface area contributed by atoms with E-state index in [1.54, 1.807) is 0 Å². The van der Waals surface area contributed by atoms with E-state index in [9.17, 15) is 0 Å². The SMILES string of the molecule is CCCCCCCCCCCCCCCCNCCCCCCCC1CCCCCCCCCCCCCC1. The van der Waals surface area contributed by atoms with Crippen LogP contribution in [0.5, 0.6) is 0 Å². The van der Waals surface area contributed by atoms with Crippen molar-refractivity contribution in [2.75, 3.05) is 13.1 Å². The molecule has 1 fully saturated rings. The molecular weight excluding hydrogens is 470 g/mol. The van der Waals surface area contributed by atoms with E-state index in [1.807, 2.05) is 0 Å². The molecule has 0 aromatic heterocycles. The van der Waals surface area contributed by atoms with Gasteiger partial charge in [-0.2, -0.15) is 0 Å². The van der Waals surface area contributed by atoms with Crippen LogP contribution in [0.1, 0.15) is 225 Å². The molecule has 0 spiro atoms. The van der Waals surface area contributed by atoms with Gasteiger partial charge in [-0.3, -0.25) is 0 Å². The molecule has 1 saturated carbocycles. The van der Waals surface area contributed by atoms with Crippen LogP contribution in [0.2, 0.25) is 0 Å². The molecule has 0 aromatic carbocycles. The first-order chi connectivity index (χ1) is 19.4. The lowest BCUT2D eigenvalue weighted by molar-refractivity contribution is 0.366. The zero-order valence-electron chi connectivity index (χ0n) is 27.5. The molecule has 1 heteroatoms. The van der Waals surface area contributed by atoms with Crippen molar-refractivity contribution in [3.05, 3.63) is 0 Å². The molecule has 39 heavy (non-hydrogen) atoms. The van der Waals surface area contributed by atoms with Crippen molar-refractivity contribution in [2.24, 2.45) is 5.92 Å². The molecule has 1 N–H and O–H groups in total. The monoisotopic (exact) mass is 548 g/mol. The van der Waals surface area contributed by atoms with Crippen LogP contribution in [0, 0.1) is 5.92 Å². The number of nitrogens with one attached hydrogen (secondary N) is 1. The fraction of sp³-hybridized carbons (Fsp3) is 1.00. The summed E-state index contributed by atoms with van der Waals surface area (Å²) < 4.78 is 0. The molecule has 1 rings (SSSR count). The highest BCUT2D eigenvalue weighted by Gasteiger charge is 2.09. The van der Waals surface area contributed by atoms with Crippen LogP contribution in [0.25, 0.3) is 0 Å². The summed E-state index contributed by atoms with van der Waals surface area (Å²) in [5.41, 5.74) is 0. The first-order valence-corrected chi connectivity index (χ1v) is 19.1. The number of rotatable bonds is 23. The molecule has 234 valence electrons. The second kappa shape index (κ2) is 32.5. The Morgan fingerprint density at radius 2 is 0.667 bits per heavy atom. The number of unbranched alkanes of at least 4 members (excludes halogenated alkanes) is 17. The van der Waals surface area contributed by atoms with E-state index in [-0.39, 0.29) is 0 Å². The van der Waals surface area contributed by atoms with E-state index in [1.165, 1.54) is 231 Å². The van der Waals surface area contributed by atoms with Crippen molar-refractivity contribution < 1.29 is 0 Å². The summed E-state index contributed by atoms with van der Waals surface area (Å²) >= 11 is 0. The highest BCUT2D eigenvalue weighted by atomic mass is 14.8. The largest absolute Gasteiger partial charge is 0.317 e. The van der Waals surface area contributed by atoms with E-state index in [0.717, 1.165) is 5.92 Å². The first kappa shape index (κ1) is 37.0. The molecule has 0 radical (unpaired) electrons. The van der Waals surface area contributed by atoms with Gasteiger partial charge in [-0.1, -0.05) is 212 Å². The maximum absolute atomic E-state index is 3.72. The van der Waals surface area contributed by atoms with Crippen molar-refractivity contribution >= 4 is 0 Å². The quantitative estimate of drug-likeness (QED) is 0.125. The van der Waals surface area contributed by atoms with Gasteiger partial charge in [-0.25, -0.2) is 0 Å². The Bertz CT molecular complexity index is 416. The van der Waals surface area contributed by atoms with Crippen molar-refractivity contribution in [3.63, 3.8) is 0 Å². The summed E-state index contributed by atoms with van der Waals surface area (Å²) in [4.78, 5) is 0. The Morgan fingerprint density at radius 3 is 1.05 bits per heavy atom.